The van der Waals surface area contributed by atoms with E-state index in [-0.39, 0.29) is 6.42 Å². The first-order chi connectivity index (χ1) is 12.9. The van der Waals surface area contributed by atoms with Crippen molar-refractivity contribution in [1.82, 2.24) is 4.90 Å². The number of alkyl halides is 2. The van der Waals surface area contributed by atoms with Crippen LogP contribution in [0.15, 0.2) is 42.5 Å². The Balaban J connectivity index is 1.57. The lowest BCUT2D eigenvalue weighted by molar-refractivity contribution is -0.148. The molecule has 1 N–H and O–H groups in total. The molecule has 2 aromatic rings. The summed E-state index contributed by atoms with van der Waals surface area (Å²) in [5, 5.41) is 9.28. The van der Waals surface area contributed by atoms with Crippen LogP contribution in [-0.2, 0) is 22.4 Å². The molecular weight excluding hydrogens is 352 g/mol. The number of likely N-dealkylation sites (tertiary alicyclic amines) is 1. The van der Waals surface area contributed by atoms with E-state index < -0.39 is 43.2 Å². The Labute approximate surface area is 155 Å². The molecule has 1 aliphatic carbocycles. The van der Waals surface area contributed by atoms with Gasteiger partial charge in [0.1, 0.15) is 12.7 Å². The smallest absolute Gasteiger partial charge is 0.326 e. The molecule has 2 aliphatic rings. The summed E-state index contributed by atoms with van der Waals surface area (Å²) in [6.07, 6.45) is 0.289. The number of carbonyl (C=O) groups excluding carboxylic acids is 1. The molecule has 0 spiro atoms. The molecule has 0 aromatic heterocycles. The molecule has 1 heterocycles. The number of carboxylic acids is 1. The third-order valence-electron chi connectivity index (χ3n) is 5.45. The van der Waals surface area contributed by atoms with Gasteiger partial charge in [0.05, 0.1) is 13.0 Å². The minimum absolute atomic E-state index is 0.0401. The summed E-state index contributed by atoms with van der Waals surface area (Å²) in [4.78, 5) is 25.0. The molecule has 27 heavy (non-hydrogen) atoms. The van der Waals surface area contributed by atoms with Gasteiger partial charge in [-0.2, -0.15) is 0 Å². The van der Waals surface area contributed by atoms with Crippen LogP contribution in [0.4, 0.5) is 8.78 Å². The van der Waals surface area contributed by atoms with Gasteiger partial charge >= 0.3 is 5.97 Å². The number of amides is 1. The Morgan fingerprint density at radius 1 is 1.15 bits per heavy atom. The maximum absolute atomic E-state index is 14.3. The molecule has 1 saturated heterocycles. The first-order valence-electron chi connectivity index (χ1n) is 8.87. The summed E-state index contributed by atoms with van der Waals surface area (Å²) in [7, 11) is 0. The SMILES string of the molecule is O=C(O)C1C[C@](F)(CF)CN1C(=O)Cc1ccc2c(c1)-c1ccccc1C2. The van der Waals surface area contributed by atoms with E-state index >= 15 is 0 Å². The highest BCUT2D eigenvalue weighted by molar-refractivity contribution is 5.86. The minimum atomic E-state index is -2.28. The monoisotopic (exact) mass is 371 g/mol. The predicted octanol–water partition coefficient (Wildman–Crippen LogP) is 3.16. The number of carbonyl (C=O) groups is 2. The number of nitrogens with zero attached hydrogens (tertiary/aromatic N) is 1. The van der Waals surface area contributed by atoms with Crippen LogP contribution in [0.1, 0.15) is 23.1 Å². The molecule has 1 amide bonds. The topological polar surface area (TPSA) is 57.6 Å². The van der Waals surface area contributed by atoms with Crippen molar-refractivity contribution in [1.29, 1.82) is 0 Å². The fourth-order valence-electron chi connectivity index (χ4n) is 4.07. The van der Waals surface area contributed by atoms with Crippen molar-refractivity contribution < 1.29 is 23.5 Å². The van der Waals surface area contributed by atoms with Crippen molar-refractivity contribution in [3.63, 3.8) is 0 Å². The zero-order valence-electron chi connectivity index (χ0n) is 14.6. The average Bonchev–Trinajstić information content (AvgIpc) is 3.20. The number of aliphatic carboxylic acids is 1. The molecular formula is C21H19F2NO3. The molecule has 2 atom stereocenters. The zero-order chi connectivity index (χ0) is 19.2. The fraction of sp³-hybridized carbons (Fsp3) is 0.333. The van der Waals surface area contributed by atoms with Crippen LogP contribution in [0, 0.1) is 0 Å². The van der Waals surface area contributed by atoms with Gasteiger partial charge in [-0.3, -0.25) is 4.79 Å². The first-order valence-corrected chi connectivity index (χ1v) is 8.87. The lowest BCUT2D eigenvalue weighted by Gasteiger charge is -2.21. The maximum Gasteiger partial charge on any atom is 0.326 e. The van der Waals surface area contributed by atoms with E-state index in [9.17, 15) is 23.5 Å². The third-order valence-corrected chi connectivity index (χ3v) is 5.45. The van der Waals surface area contributed by atoms with Gasteiger partial charge in [-0.15, -0.1) is 0 Å². The van der Waals surface area contributed by atoms with Gasteiger partial charge in [0.15, 0.2) is 5.67 Å². The highest BCUT2D eigenvalue weighted by atomic mass is 19.2. The fourth-order valence-corrected chi connectivity index (χ4v) is 4.07. The van der Waals surface area contributed by atoms with Crippen molar-refractivity contribution in [2.24, 2.45) is 0 Å². The van der Waals surface area contributed by atoms with E-state index in [0.717, 1.165) is 28.0 Å². The van der Waals surface area contributed by atoms with Gasteiger partial charge in [0.25, 0.3) is 0 Å². The maximum atomic E-state index is 14.3. The van der Waals surface area contributed by atoms with Gasteiger partial charge < -0.3 is 10.0 Å². The van der Waals surface area contributed by atoms with Crippen LogP contribution >= 0.6 is 0 Å². The average molecular weight is 371 g/mol. The molecule has 4 rings (SSSR count). The van der Waals surface area contributed by atoms with Crippen LogP contribution in [-0.4, -0.2) is 46.8 Å². The number of fused-ring (bicyclic) bond motifs is 3. The second-order valence-electron chi connectivity index (χ2n) is 7.37. The second kappa shape index (κ2) is 6.44. The first kappa shape index (κ1) is 17.6. The summed E-state index contributed by atoms with van der Waals surface area (Å²) in [6, 6.07) is 12.5. The number of halogens is 2. The van der Waals surface area contributed by atoms with Crippen LogP contribution in [0.25, 0.3) is 11.1 Å². The van der Waals surface area contributed by atoms with Gasteiger partial charge in [0.2, 0.25) is 5.91 Å². The van der Waals surface area contributed by atoms with E-state index in [2.05, 4.69) is 6.07 Å². The van der Waals surface area contributed by atoms with E-state index in [1.165, 1.54) is 11.1 Å². The molecule has 2 aromatic carbocycles. The largest absolute Gasteiger partial charge is 0.480 e. The summed E-state index contributed by atoms with van der Waals surface area (Å²) < 4.78 is 27.3. The summed E-state index contributed by atoms with van der Waals surface area (Å²) in [5.74, 6) is -1.80. The molecule has 1 fully saturated rings. The number of rotatable bonds is 4. The van der Waals surface area contributed by atoms with Crippen molar-refractivity contribution in [2.45, 2.75) is 31.0 Å². The molecule has 4 nitrogen and oxygen atoms in total. The summed E-state index contributed by atoms with van der Waals surface area (Å²) in [6.45, 7) is -1.82. The van der Waals surface area contributed by atoms with E-state index in [4.69, 9.17) is 0 Å². The van der Waals surface area contributed by atoms with Crippen LogP contribution in [0.3, 0.4) is 0 Å². The van der Waals surface area contributed by atoms with E-state index in [0.29, 0.717) is 0 Å². The van der Waals surface area contributed by atoms with Gasteiger partial charge in [0, 0.05) is 6.42 Å². The molecule has 0 saturated carbocycles. The predicted molar refractivity (Wildman–Crippen MR) is 96.0 cm³/mol. The molecule has 0 bridgehead atoms. The molecule has 6 heteroatoms. The summed E-state index contributed by atoms with van der Waals surface area (Å²) in [5.41, 5.74) is 3.05. The quantitative estimate of drug-likeness (QED) is 0.766. The normalized spacial score (nSPS) is 23.2. The van der Waals surface area contributed by atoms with Crippen LogP contribution in [0.5, 0.6) is 0 Å². The summed E-state index contributed by atoms with van der Waals surface area (Å²) >= 11 is 0. The van der Waals surface area contributed by atoms with Crippen LogP contribution < -0.4 is 0 Å². The minimum Gasteiger partial charge on any atom is -0.480 e. The van der Waals surface area contributed by atoms with Gasteiger partial charge in [-0.1, -0.05) is 42.5 Å². The molecule has 140 valence electrons. The third kappa shape index (κ3) is 3.09. The van der Waals surface area contributed by atoms with Crippen molar-refractivity contribution in [3.8, 4) is 11.1 Å². The van der Waals surface area contributed by atoms with Crippen LogP contribution in [0.2, 0.25) is 0 Å². The number of hydrogen-bond donors (Lipinski definition) is 1. The van der Waals surface area contributed by atoms with Crippen molar-refractivity contribution in [3.05, 3.63) is 59.2 Å². The Morgan fingerprint density at radius 2 is 1.89 bits per heavy atom. The van der Waals surface area contributed by atoms with Gasteiger partial charge in [-0.05, 0) is 34.2 Å². The standard InChI is InChI=1S/C21H19F2NO3/c22-11-21(23)10-18(20(26)27)24(12-21)19(25)8-13-5-6-15-9-14-3-1-2-4-16(14)17(15)7-13/h1-7,18H,8-12H2,(H,26,27)/t18?,21-/m0/s1. The van der Waals surface area contributed by atoms with E-state index in [1.54, 1.807) is 0 Å². The highest BCUT2D eigenvalue weighted by Gasteiger charge is 2.49. The van der Waals surface area contributed by atoms with Gasteiger partial charge in [-0.25, -0.2) is 13.6 Å². The Kier molecular flexibility index (Phi) is 4.21. The lowest BCUT2D eigenvalue weighted by atomic mass is 10.0. The number of benzene rings is 2. The van der Waals surface area contributed by atoms with Crippen molar-refractivity contribution in [2.75, 3.05) is 13.2 Å². The Morgan fingerprint density at radius 3 is 2.63 bits per heavy atom. The second-order valence-corrected chi connectivity index (χ2v) is 7.37. The Bertz CT molecular complexity index is 929. The van der Waals surface area contributed by atoms with E-state index in [1.807, 2.05) is 36.4 Å². The highest BCUT2D eigenvalue weighted by Crippen LogP contribution is 2.37. The lowest BCUT2D eigenvalue weighted by Crippen LogP contribution is -2.41. The molecule has 1 unspecified atom stereocenters. The molecule has 0 radical (unpaired) electrons. The van der Waals surface area contributed by atoms with Crippen molar-refractivity contribution >= 4 is 11.9 Å². The number of hydrogen-bond acceptors (Lipinski definition) is 2. The molecule has 1 aliphatic heterocycles. The number of carboxylic acid groups (broad SMARTS) is 1. The Hall–Kier alpha value is -2.76. The zero-order valence-corrected chi connectivity index (χ0v) is 14.6.